The van der Waals surface area contributed by atoms with Gasteiger partial charge in [0.2, 0.25) is 5.75 Å². The molecule has 0 unspecified atom stereocenters. The molecule has 8 nitrogen and oxygen atoms in total. The van der Waals surface area contributed by atoms with Crippen LogP contribution in [-0.2, 0) is 0 Å². The molecule has 0 spiro atoms. The molecule has 5 rings (SSSR count). The Labute approximate surface area is 195 Å². The van der Waals surface area contributed by atoms with E-state index in [-0.39, 0.29) is 5.56 Å². The lowest BCUT2D eigenvalue weighted by Gasteiger charge is -2.17. The quantitative estimate of drug-likeness (QED) is 0.381. The monoisotopic (exact) mass is 454 g/mol. The van der Waals surface area contributed by atoms with Crippen LogP contribution in [0.15, 0.2) is 83.8 Å². The molecule has 0 atom stereocenters. The second kappa shape index (κ2) is 8.74. The number of methoxy groups -OCH3 is 3. The minimum Gasteiger partial charge on any atom is -0.493 e. The fourth-order valence-corrected chi connectivity index (χ4v) is 3.95. The molecule has 0 fully saturated rings. The normalized spacial score (nSPS) is 10.9. The minimum atomic E-state index is -0.234. The van der Waals surface area contributed by atoms with Gasteiger partial charge in [-0.15, -0.1) is 0 Å². The molecule has 0 saturated carbocycles. The fourth-order valence-electron chi connectivity index (χ4n) is 3.95. The van der Waals surface area contributed by atoms with Crippen LogP contribution < -0.4 is 19.8 Å². The Hall–Kier alpha value is -4.59. The second-order valence-corrected chi connectivity index (χ2v) is 7.45. The molecule has 5 aromatic rings. The van der Waals surface area contributed by atoms with Gasteiger partial charge in [-0.05, 0) is 36.4 Å². The van der Waals surface area contributed by atoms with E-state index in [0.29, 0.717) is 45.4 Å². The average molecular weight is 454 g/mol. The van der Waals surface area contributed by atoms with Crippen molar-refractivity contribution >= 4 is 11.0 Å². The number of fused-ring (bicyclic) bond motifs is 1. The van der Waals surface area contributed by atoms with Gasteiger partial charge in [-0.25, -0.2) is 9.67 Å². The zero-order chi connectivity index (χ0) is 23.7. The van der Waals surface area contributed by atoms with E-state index in [9.17, 15) is 4.79 Å². The number of aromatic nitrogens is 4. The highest BCUT2D eigenvalue weighted by molar-refractivity contribution is 5.79. The van der Waals surface area contributed by atoms with E-state index in [1.54, 1.807) is 48.9 Å². The third-order valence-electron chi connectivity index (χ3n) is 5.54. The van der Waals surface area contributed by atoms with E-state index in [4.69, 9.17) is 19.2 Å². The Kier molecular flexibility index (Phi) is 5.47. The molecule has 2 aromatic heterocycles. The number of rotatable bonds is 6. The maximum atomic E-state index is 13.8. The van der Waals surface area contributed by atoms with Crippen LogP contribution in [0.3, 0.4) is 0 Å². The van der Waals surface area contributed by atoms with Gasteiger partial charge in [-0.2, -0.15) is 5.10 Å². The van der Waals surface area contributed by atoms with Gasteiger partial charge in [0.05, 0.1) is 38.9 Å². The van der Waals surface area contributed by atoms with Crippen LogP contribution in [0, 0.1) is 0 Å². The summed E-state index contributed by atoms with van der Waals surface area (Å²) in [5.41, 5.74) is 2.32. The summed E-state index contributed by atoms with van der Waals surface area (Å²) in [7, 11) is 4.64. The van der Waals surface area contributed by atoms with Crippen LogP contribution in [0.25, 0.3) is 33.8 Å². The van der Waals surface area contributed by atoms with Crippen molar-refractivity contribution in [3.05, 3.63) is 89.3 Å². The third kappa shape index (κ3) is 3.45. The number of ether oxygens (including phenoxy) is 3. The first-order chi connectivity index (χ1) is 16.7. The predicted molar refractivity (Wildman–Crippen MR) is 130 cm³/mol. The zero-order valence-electron chi connectivity index (χ0n) is 18.9. The molecule has 0 bridgehead atoms. The van der Waals surface area contributed by atoms with E-state index in [0.717, 1.165) is 5.69 Å². The fraction of sp³-hybridized carbons (Fsp3) is 0.115. The molecule has 2 heterocycles. The van der Waals surface area contributed by atoms with Crippen LogP contribution in [-0.4, -0.2) is 40.7 Å². The van der Waals surface area contributed by atoms with Gasteiger partial charge in [-0.1, -0.05) is 36.4 Å². The van der Waals surface area contributed by atoms with E-state index in [2.05, 4.69) is 5.10 Å². The number of benzene rings is 3. The highest BCUT2D eigenvalue weighted by Gasteiger charge is 2.21. The Bertz CT molecular complexity index is 1500. The number of hydrogen-bond donors (Lipinski definition) is 0. The van der Waals surface area contributed by atoms with E-state index in [1.165, 1.54) is 0 Å². The maximum Gasteiger partial charge on any atom is 0.269 e. The first kappa shape index (κ1) is 21.3. The average Bonchev–Trinajstić information content (AvgIpc) is 3.33. The van der Waals surface area contributed by atoms with Crippen LogP contribution in [0.2, 0.25) is 0 Å². The first-order valence-corrected chi connectivity index (χ1v) is 10.6. The van der Waals surface area contributed by atoms with Gasteiger partial charge < -0.3 is 14.2 Å². The summed E-state index contributed by atoms with van der Waals surface area (Å²) in [6, 6.07) is 22.5. The van der Waals surface area contributed by atoms with Crippen LogP contribution >= 0.6 is 0 Å². The Balaban J connectivity index is 1.87. The standard InChI is InChI=1S/C26H22N4O4/c1-32-21-14-17(15-22(33-2)23(21)34-3)24-28-25-20(16-27-30(25)19-12-8-5-9-13-19)26(31)29(24)18-10-6-4-7-11-18/h4-16H,1-3H3. The topological polar surface area (TPSA) is 80.4 Å². The van der Waals surface area contributed by atoms with Gasteiger partial charge in [0.15, 0.2) is 17.1 Å². The van der Waals surface area contributed by atoms with Crippen molar-refractivity contribution in [2.45, 2.75) is 0 Å². The summed E-state index contributed by atoms with van der Waals surface area (Å²) in [5.74, 6) is 1.79. The summed E-state index contributed by atoms with van der Waals surface area (Å²) in [5, 5.41) is 4.87. The van der Waals surface area contributed by atoms with Crippen LogP contribution in [0.5, 0.6) is 17.2 Å². The molecule has 0 aliphatic carbocycles. The largest absolute Gasteiger partial charge is 0.493 e. The zero-order valence-corrected chi connectivity index (χ0v) is 18.9. The number of para-hydroxylation sites is 2. The van der Waals surface area contributed by atoms with E-state index in [1.807, 2.05) is 60.7 Å². The van der Waals surface area contributed by atoms with E-state index < -0.39 is 0 Å². The van der Waals surface area contributed by atoms with Crippen molar-refractivity contribution in [1.82, 2.24) is 19.3 Å². The summed E-state index contributed by atoms with van der Waals surface area (Å²) in [6.07, 6.45) is 1.55. The van der Waals surface area contributed by atoms with Gasteiger partial charge in [0, 0.05) is 5.56 Å². The summed E-state index contributed by atoms with van der Waals surface area (Å²) < 4.78 is 19.8. The van der Waals surface area contributed by atoms with Crippen molar-refractivity contribution in [1.29, 1.82) is 0 Å². The summed E-state index contributed by atoms with van der Waals surface area (Å²) >= 11 is 0. The Morgan fingerprint density at radius 3 is 1.91 bits per heavy atom. The second-order valence-electron chi connectivity index (χ2n) is 7.45. The van der Waals surface area contributed by atoms with Gasteiger partial charge in [0.25, 0.3) is 5.56 Å². The summed E-state index contributed by atoms with van der Waals surface area (Å²) in [4.78, 5) is 18.7. The molecule has 0 amide bonds. The van der Waals surface area contributed by atoms with Crippen molar-refractivity contribution in [3.8, 4) is 40.0 Å². The molecule has 3 aromatic carbocycles. The lowest BCUT2D eigenvalue weighted by atomic mass is 10.1. The molecular weight excluding hydrogens is 432 g/mol. The third-order valence-corrected chi connectivity index (χ3v) is 5.54. The van der Waals surface area contributed by atoms with E-state index >= 15 is 0 Å². The van der Waals surface area contributed by atoms with Crippen molar-refractivity contribution in [2.75, 3.05) is 21.3 Å². The number of nitrogens with zero attached hydrogens (tertiary/aromatic N) is 4. The molecule has 0 saturated heterocycles. The lowest BCUT2D eigenvalue weighted by Crippen LogP contribution is -2.22. The molecule has 0 radical (unpaired) electrons. The molecule has 0 aliphatic heterocycles. The first-order valence-electron chi connectivity index (χ1n) is 10.6. The minimum absolute atomic E-state index is 0.234. The van der Waals surface area contributed by atoms with Crippen LogP contribution in [0.1, 0.15) is 0 Å². The molecule has 8 heteroatoms. The highest BCUT2D eigenvalue weighted by Crippen LogP contribution is 2.41. The lowest BCUT2D eigenvalue weighted by molar-refractivity contribution is 0.324. The Morgan fingerprint density at radius 1 is 0.765 bits per heavy atom. The van der Waals surface area contributed by atoms with Gasteiger partial charge in [0.1, 0.15) is 11.2 Å². The van der Waals surface area contributed by atoms with Crippen molar-refractivity contribution < 1.29 is 14.2 Å². The molecule has 34 heavy (non-hydrogen) atoms. The highest BCUT2D eigenvalue weighted by atomic mass is 16.5. The maximum absolute atomic E-state index is 13.8. The molecule has 170 valence electrons. The predicted octanol–water partition coefficient (Wildman–Crippen LogP) is 4.26. The number of hydrogen-bond acceptors (Lipinski definition) is 6. The van der Waals surface area contributed by atoms with Crippen molar-refractivity contribution in [2.24, 2.45) is 0 Å². The Morgan fingerprint density at radius 2 is 1.35 bits per heavy atom. The molecule has 0 aliphatic rings. The van der Waals surface area contributed by atoms with Crippen molar-refractivity contribution in [3.63, 3.8) is 0 Å². The van der Waals surface area contributed by atoms with Gasteiger partial charge >= 0.3 is 0 Å². The summed E-state index contributed by atoms with van der Waals surface area (Å²) in [6.45, 7) is 0. The smallest absolute Gasteiger partial charge is 0.269 e. The SMILES string of the molecule is COc1cc(-c2nc3c(cnn3-c3ccccc3)c(=O)n2-c2ccccc2)cc(OC)c1OC. The van der Waals surface area contributed by atoms with Gasteiger partial charge in [-0.3, -0.25) is 9.36 Å². The van der Waals surface area contributed by atoms with Crippen LogP contribution in [0.4, 0.5) is 0 Å². The molecule has 0 N–H and O–H groups in total. The molecular formula is C26H22N4O4.